The summed E-state index contributed by atoms with van der Waals surface area (Å²) in [6.45, 7) is 3.03. The number of amides is 1. The number of nitrogens with zero attached hydrogens (tertiary/aromatic N) is 1. The van der Waals surface area contributed by atoms with Crippen LogP contribution in [0.3, 0.4) is 0 Å². The van der Waals surface area contributed by atoms with Crippen LogP contribution in [0.2, 0.25) is 0 Å². The molecule has 2 N–H and O–H groups in total. The molecule has 3 aliphatic rings. The zero-order valence-electron chi connectivity index (χ0n) is 14.8. The lowest BCUT2D eigenvalue weighted by atomic mass is 9.93. The number of carbonyl (C=O) groups excluding carboxylic acids is 1. The summed E-state index contributed by atoms with van der Waals surface area (Å²) < 4.78 is 0. The number of halogens is 1. The van der Waals surface area contributed by atoms with Crippen LogP contribution < -0.4 is 10.6 Å². The van der Waals surface area contributed by atoms with E-state index < -0.39 is 0 Å². The van der Waals surface area contributed by atoms with Crippen molar-refractivity contribution in [2.75, 3.05) is 13.1 Å². The zero-order valence-corrected chi connectivity index (χ0v) is 15.6. The van der Waals surface area contributed by atoms with Crippen LogP contribution in [0.25, 0.3) is 0 Å². The number of piperidine rings is 2. The van der Waals surface area contributed by atoms with Gasteiger partial charge in [-0.05, 0) is 57.2 Å². The van der Waals surface area contributed by atoms with Crippen LogP contribution in [0.1, 0.15) is 44.1 Å². The maximum Gasteiger partial charge on any atom is 0.223 e. The van der Waals surface area contributed by atoms with Gasteiger partial charge < -0.3 is 10.6 Å². The Morgan fingerprint density at radius 1 is 1.04 bits per heavy atom. The van der Waals surface area contributed by atoms with Crippen molar-refractivity contribution in [3.05, 3.63) is 35.9 Å². The Morgan fingerprint density at radius 3 is 2.32 bits per heavy atom. The van der Waals surface area contributed by atoms with E-state index in [0.717, 1.165) is 45.3 Å². The lowest BCUT2D eigenvalue weighted by molar-refractivity contribution is -0.127. The number of carbonyl (C=O) groups is 1. The monoisotopic (exact) mass is 363 g/mol. The van der Waals surface area contributed by atoms with E-state index in [1.807, 2.05) is 0 Å². The van der Waals surface area contributed by atoms with Gasteiger partial charge in [-0.25, -0.2) is 0 Å². The topological polar surface area (TPSA) is 44.4 Å². The van der Waals surface area contributed by atoms with Crippen LogP contribution in [-0.4, -0.2) is 42.0 Å². The van der Waals surface area contributed by atoms with Gasteiger partial charge in [0.25, 0.3) is 0 Å². The van der Waals surface area contributed by atoms with Crippen molar-refractivity contribution in [2.24, 2.45) is 5.92 Å². The molecule has 1 aromatic carbocycles. The van der Waals surface area contributed by atoms with Gasteiger partial charge in [-0.1, -0.05) is 30.3 Å². The molecule has 0 saturated carbocycles. The van der Waals surface area contributed by atoms with Gasteiger partial charge in [-0.2, -0.15) is 0 Å². The predicted molar refractivity (Wildman–Crippen MR) is 103 cm³/mol. The second kappa shape index (κ2) is 8.52. The third kappa shape index (κ3) is 4.36. The maximum absolute atomic E-state index is 12.5. The average Bonchev–Trinajstić information content (AvgIpc) is 2.86. The van der Waals surface area contributed by atoms with Crippen LogP contribution in [0, 0.1) is 5.92 Å². The second-order valence-corrected chi connectivity index (χ2v) is 7.74. The molecule has 4 nitrogen and oxygen atoms in total. The van der Waals surface area contributed by atoms with E-state index >= 15 is 0 Å². The number of rotatable bonds is 4. The Labute approximate surface area is 157 Å². The minimum Gasteiger partial charge on any atom is -0.353 e. The number of hydrogen-bond acceptors (Lipinski definition) is 3. The van der Waals surface area contributed by atoms with Gasteiger partial charge in [0.05, 0.1) is 0 Å². The van der Waals surface area contributed by atoms with Gasteiger partial charge >= 0.3 is 0 Å². The van der Waals surface area contributed by atoms with Crippen LogP contribution in [-0.2, 0) is 11.3 Å². The molecule has 5 heteroatoms. The third-order valence-electron chi connectivity index (χ3n) is 6.15. The Hall–Kier alpha value is -1.10. The fraction of sp³-hybridized carbons (Fsp3) is 0.650. The molecule has 0 radical (unpaired) electrons. The van der Waals surface area contributed by atoms with Gasteiger partial charge in [0.1, 0.15) is 0 Å². The first-order valence-electron chi connectivity index (χ1n) is 9.60. The van der Waals surface area contributed by atoms with Crippen LogP contribution in [0.15, 0.2) is 30.3 Å². The quantitative estimate of drug-likeness (QED) is 0.864. The molecule has 3 saturated heterocycles. The molecule has 2 bridgehead atoms. The lowest BCUT2D eigenvalue weighted by Crippen LogP contribution is -2.51. The SMILES string of the molecule is Cl.O=C(NC1CC2CCC(C1)N2Cc1ccccc1)C1CCNCC1. The number of benzene rings is 1. The number of fused-ring (bicyclic) bond motifs is 2. The van der Waals surface area contributed by atoms with Crippen molar-refractivity contribution in [3.63, 3.8) is 0 Å². The Balaban J connectivity index is 0.00000182. The highest BCUT2D eigenvalue weighted by Crippen LogP contribution is 2.37. The largest absolute Gasteiger partial charge is 0.353 e. The highest BCUT2D eigenvalue weighted by molar-refractivity contribution is 5.85. The molecular weight excluding hydrogens is 334 g/mol. The minimum atomic E-state index is 0. The molecule has 0 spiro atoms. The molecule has 2 unspecified atom stereocenters. The highest BCUT2D eigenvalue weighted by Gasteiger charge is 2.41. The number of nitrogens with one attached hydrogen (secondary N) is 2. The summed E-state index contributed by atoms with van der Waals surface area (Å²) >= 11 is 0. The molecule has 3 aliphatic heterocycles. The van der Waals surface area contributed by atoms with Crippen molar-refractivity contribution in [1.82, 2.24) is 15.5 Å². The van der Waals surface area contributed by atoms with Crippen LogP contribution in [0.5, 0.6) is 0 Å². The summed E-state index contributed by atoms with van der Waals surface area (Å²) in [5.41, 5.74) is 1.41. The number of hydrogen-bond donors (Lipinski definition) is 2. The van der Waals surface area contributed by atoms with E-state index in [0.29, 0.717) is 24.0 Å². The molecule has 2 atom stereocenters. The van der Waals surface area contributed by atoms with E-state index in [1.165, 1.54) is 18.4 Å². The highest BCUT2D eigenvalue weighted by atomic mass is 35.5. The van der Waals surface area contributed by atoms with Crippen molar-refractivity contribution < 1.29 is 4.79 Å². The lowest BCUT2D eigenvalue weighted by Gasteiger charge is -2.39. The van der Waals surface area contributed by atoms with Gasteiger partial charge in [0.2, 0.25) is 5.91 Å². The fourth-order valence-corrected chi connectivity index (χ4v) is 4.85. The smallest absolute Gasteiger partial charge is 0.223 e. The molecule has 0 aromatic heterocycles. The van der Waals surface area contributed by atoms with E-state index in [2.05, 4.69) is 45.9 Å². The summed E-state index contributed by atoms with van der Waals surface area (Å²) in [6.07, 6.45) is 6.81. The van der Waals surface area contributed by atoms with E-state index in [1.54, 1.807) is 0 Å². The first-order chi connectivity index (χ1) is 11.8. The Kier molecular flexibility index (Phi) is 6.37. The van der Waals surface area contributed by atoms with Crippen molar-refractivity contribution >= 4 is 18.3 Å². The third-order valence-corrected chi connectivity index (χ3v) is 6.15. The second-order valence-electron chi connectivity index (χ2n) is 7.74. The molecule has 138 valence electrons. The van der Waals surface area contributed by atoms with Crippen LogP contribution in [0.4, 0.5) is 0 Å². The minimum absolute atomic E-state index is 0. The van der Waals surface area contributed by atoms with E-state index in [-0.39, 0.29) is 18.3 Å². The van der Waals surface area contributed by atoms with Gasteiger partial charge in [-0.15, -0.1) is 12.4 Å². The molecule has 3 fully saturated rings. The molecule has 25 heavy (non-hydrogen) atoms. The van der Waals surface area contributed by atoms with Crippen molar-refractivity contribution in [1.29, 1.82) is 0 Å². The average molecular weight is 364 g/mol. The first-order valence-corrected chi connectivity index (χ1v) is 9.60. The molecule has 0 aliphatic carbocycles. The van der Waals surface area contributed by atoms with E-state index in [4.69, 9.17) is 0 Å². The van der Waals surface area contributed by atoms with Crippen molar-refractivity contribution in [3.8, 4) is 0 Å². The normalized spacial score (nSPS) is 29.8. The molecule has 1 amide bonds. The summed E-state index contributed by atoms with van der Waals surface area (Å²) in [6, 6.07) is 12.5. The summed E-state index contributed by atoms with van der Waals surface area (Å²) in [5.74, 6) is 0.531. The maximum atomic E-state index is 12.5. The predicted octanol–water partition coefficient (Wildman–Crippen LogP) is 2.72. The summed E-state index contributed by atoms with van der Waals surface area (Å²) in [5, 5.41) is 6.72. The Bertz CT molecular complexity index is 547. The fourth-order valence-electron chi connectivity index (χ4n) is 4.85. The van der Waals surface area contributed by atoms with Crippen molar-refractivity contribution in [2.45, 2.75) is 63.2 Å². The summed E-state index contributed by atoms with van der Waals surface area (Å²) in [7, 11) is 0. The van der Waals surface area contributed by atoms with Crippen LogP contribution >= 0.6 is 12.4 Å². The molecule has 3 heterocycles. The van der Waals surface area contributed by atoms with Gasteiger partial charge in [0, 0.05) is 30.6 Å². The molecular formula is C20H30ClN3O. The molecule has 4 rings (SSSR count). The molecule has 1 aromatic rings. The standard InChI is InChI=1S/C20H29N3O.ClH/c24-20(16-8-10-21-11-9-16)22-17-12-18-6-7-19(13-17)23(18)14-15-4-2-1-3-5-15;/h1-5,16-19,21H,6-14H2,(H,22,24);1H. The van der Waals surface area contributed by atoms with Gasteiger partial charge in [0.15, 0.2) is 0 Å². The van der Waals surface area contributed by atoms with E-state index in [9.17, 15) is 4.79 Å². The first kappa shape index (κ1) is 18.7. The summed E-state index contributed by atoms with van der Waals surface area (Å²) in [4.78, 5) is 15.2. The van der Waals surface area contributed by atoms with Gasteiger partial charge in [-0.3, -0.25) is 9.69 Å². The Morgan fingerprint density at radius 2 is 1.68 bits per heavy atom. The zero-order chi connectivity index (χ0) is 16.4.